The number of halogens is 1. The molecule has 8 heteroatoms. The Morgan fingerprint density at radius 3 is 2.66 bits per heavy atom. The molecule has 1 N–H and O–H groups in total. The molecule has 3 aromatic rings. The van der Waals surface area contributed by atoms with Crippen molar-refractivity contribution in [2.75, 3.05) is 11.9 Å². The second-order valence-electron chi connectivity index (χ2n) is 7.29. The van der Waals surface area contributed by atoms with Gasteiger partial charge in [-0.05, 0) is 48.7 Å². The number of hydrogen-bond donors (Lipinski definition) is 1. The van der Waals surface area contributed by atoms with E-state index in [4.69, 9.17) is 0 Å². The van der Waals surface area contributed by atoms with Crippen LogP contribution in [-0.2, 0) is 0 Å². The molecule has 0 radical (unpaired) electrons. The lowest BCUT2D eigenvalue weighted by molar-refractivity contribution is 0.0647. The normalized spacial score (nSPS) is 13.4. The van der Waals surface area contributed by atoms with Gasteiger partial charge in [-0.1, -0.05) is 25.2 Å². The molecule has 0 unspecified atom stereocenters. The molecule has 2 heterocycles. The molecule has 0 spiro atoms. The first-order valence-corrected chi connectivity index (χ1v) is 10.0. The zero-order valence-corrected chi connectivity index (χ0v) is 16.7. The second kappa shape index (κ2) is 7.36. The largest absolute Gasteiger partial charge is 0.298 e. The van der Waals surface area contributed by atoms with E-state index >= 15 is 0 Å². The highest BCUT2D eigenvalue weighted by Crippen LogP contribution is 2.28. The fraction of sp³-hybridized carbons (Fsp3) is 0.238. The maximum absolute atomic E-state index is 13.3. The number of nitrogens with zero attached hydrogens (tertiary/aromatic N) is 2. The van der Waals surface area contributed by atoms with Gasteiger partial charge in [0.05, 0.1) is 21.3 Å². The lowest BCUT2D eigenvalue weighted by Gasteiger charge is -2.14. The number of nitrogens with one attached hydrogen (secondary N) is 1. The Morgan fingerprint density at radius 2 is 1.90 bits per heavy atom. The number of carbonyl (C=O) groups is 3. The summed E-state index contributed by atoms with van der Waals surface area (Å²) in [5.74, 6) is -1.17. The van der Waals surface area contributed by atoms with Crippen LogP contribution < -0.4 is 5.32 Å². The van der Waals surface area contributed by atoms with Crippen LogP contribution >= 0.6 is 11.3 Å². The Morgan fingerprint density at radius 1 is 1.14 bits per heavy atom. The number of carbonyl (C=O) groups excluding carboxylic acids is 3. The smallest absolute Gasteiger partial charge is 0.261 e. The number of thiazole rings is 1. The molecule has 3 amide bonds. The Labute approximate surface area is 170 Å². The number of imide groups is 1. The highest BCUT2D eigenvalue weighted by atomic mass is 32.1. The van der Waals surface area contributed by atoms with E-state index in [1.807, 2.05) is 13.8 Å². The Kier molecular flexibility index (Phi) is 4.87. The number of amides is 3. The van der Waals surface area contributed by atoms with Gasteiger partial charge in [0.25, 0.3) is 17.7 Å². The van der Waals surface area contributed by atoms with Gasteiger partial charge in [0.2, 0.25) is 0 Å². The molecule has 0 saturated carbocycles. The third-order valence-corrected chi connectivity index (χ3v) is 5.67. The van der Waals surface area contributed by atoms with Gasteiger partial charge >= 0.3 is 0 Å². The van der Waals surface area contributed by atoms with Crippen molar-refractivity contribution in [2.24, 2.45) is 5.92 Å². The summed E-state index contributed by atoms with van der Waals surface area (Å²) in [5, 5.41) is 3.00. The molecule has 1 aromatic heterocycles. The van der Waals surface area contributed by atoms with Gasteiger partial charge in [-0.25, -0.2) is 9.37 Å². The first-order valence-electron chi connectivity index (χ1n) is 9.21. The number of benzene rings is 2. The summed E-state index contributed by atoms with van der Waals surface area (Å²) in [5.41, 5.74) is 1.38. The highest BCUT2D eigenvalue weighted by Gasteiger charge is 2.35. The molecule has 0 saturated heterocycles. The van der Waals surface area contributed by atoms with Crippen molar-refractivity contribution < 1.29 is 18.8 Å². The molecule has 0 aliphatic carbocycles. The maximum Gasteiger partial charge on any atom is 0.261 e. The Balaban J connectivity index is 1.55. The number of rotatable bonds is 5. The molecule has 1 aliphatic rings. The average molecular weight is 411 g/mol. The summed E-state index contributed by atoms with van der Waals surface area (Å²) >= 11 is 1.16. The zero-order valence-electron chi connectivity index (χ0n) is 15.9. The lowest BCUT2D eigenvalue weighted by Crippen LogP contribution is -2.31. The zero-order chi connectivity index (χ0) is 20.7. The summed E-state index contributed by atoms with van der Waals surface area (Å²) in [7, 11) is 0. The summed E-state index contributed by atoms with van der Waals surface area (Å²) in [6, 6.07) is 8.66. The van der Waals surface area contributed by atoms with Crippen molar-refractivity contribution in [3.05, 3.63) is 58.9 Å². The van der Waals surface area contributed by atoms with Gasteiger partial charge in [0, 0.05) is 12.1 Å². The van der Waals surface area contributed by atoms with Gasteiger partial charge in [0.15, 0.2) is 5.13 Å². The number of fused-ring (bicyclic) bond motifs is 2. The minimum absolute atomic E-state index is 0.234. The van der Waals surface area contributed by atoms with E-state index < -0.39 is 5.91 Å². The van der Waals surface area contributed by atoms with E-state index in [1.165, 1.54) is 35.2 Å². The maximum atomic E-state index is 13.3. The van der Waals surface area contributed by atoms with Crippen LogP contribution in [0.15, 0.2) is 36.4 Å². The van der Waals surface area contributed by atoms with Gasteiger partial charge in [-0.15, -0.1) is 0 Å². The predicted octanol–water partition coefficient (Wildman–Crippen LogP) is 4.33. The number of hydrogen-bond acceptors (Lipinski definition) is 5. The second-order valence-corrected chi connectivity index (χ2v) is 8.32. The molecule has 2 aromatic carbocycles. The van der Waals surface area contributed by atoms with Crippen LogP contribution in [0.5, 0.6) is 0 Å². The molecule has 6 nitrogen and oxygen atoms in total. The van der Waals surface area contributed by atoms with E-state index in [2.05, 4.69) is 10.3 Å². The third-order valence-electron chi connectivity index (χ3n) is 4.73. The summed E-state index contributed by atoms with van der Waals surface area (Å²) in [6.45, 7) is 4.40. The monoisotopic (exact) mass is 411 g/mol. The molecule has 0 fully saturated rings. The van der Waals surface area contributed by atoms with E-state index in [1.54, 1.807) is 6.07 Å². The van der Waals surface area contributed by atoms with Crippen LogP contribution in [0, 0.1) is 11.7 Å². The van der Waals surface area contributed by atoms with Gasteiger partial charge in [-0.2, -0.15) is 0 Å². The average Bonchev–Trinajstić information content (AvgIpc) is 3.18. The molecule has 1 aliphatic heterocycles. The predicted molar refractivity (Wildman–Crippen MR) is 109 cm³/mol. The fourth-order valence-electron chi connectivity index (χ4n) is 3.14. The van der Waals surface area contributed by atoms with Crippen LogP contribution in [0.25, 0.3) is 10.2 Å². The topological polar surface area (TPSA) is 79.4 Å². The van der Waals surface area contributed by atoms with Crippen LogP contribution in [-0.4, -0.2) is 34.2 Å². The summed E-state index contributed by atoms with van der Waals surface area (Å²) < 4.78 is 13.9. The fourth-order valence-corrected chi connectivity index (χ4v) is 4.03. The standard InChI is InChI=1S/C21H18FN3O3S/c1-11(2)7-8-25-19(27)14-5-3-12(9-15(14)20(25)28)18(26)24-21-23-16-6-4-13(22)10-17(16)29-21/h3-6,9-11H,7-8H2,1-2H3,(H,23,24,26). The molecule has 4 rings (SSSR count). The molecular formula is C21H18FN3O3S. The van der Waals surface area contributed by atoms with Crippen molar-refractivity contribution in [1.29, 1.82) is 0 Å². The van der Waals surface area contributed by atoms with Gasteiger partial charge in [-0.3, -0.25) is 24.6 Å². The van der Waals surface area contributed by atoms with Crippen molar-refractivity contribution in [3.8, 4) is 0 Å². The van der Waals surface area contributed by atoms with Crippen LogP contribution in [0.2, 0.25) is 0 Å². The number of aromatic nitrogens is 1. The molecule has 148 valence electrons. The van der Waals surface area contributed by atoms with E-state index in [0.29, 0.717) is 33.4 Å². The molecule has 29 heavy (non-hydrogen) atoms. The summed E-state index contributed by atoms with van der Waals surface area (Å²) in [6.07, 6.45) is 0.719. The number of anilines is 1. The Hall–Kier alpha value is -3.13. The first kappa shape index (κ1) is 19.2. The van der Waals surface area contributed by atoms with E-state index in [9.17, 15) is 18.8 Å². The van der Waals surface area contributed by atoms with Crippen LogP contribution in [0.4, 0.5) is 9.52 Å². The first-order chi connectivity index (χ1) is 13.8. The SMILES string of the molecule is CC(C)CCN1C(=O)c2ccc(C(=O)Nc3nc4ccc(F)cc4s3)cc2C1=O. The van der Waals surface area contributed by atoms with Crippen LogP contribution in [0.3, 0.4) is 0 Å². The molecular weight excluding hydrogens is 393 g/mol. The molecule has 0 atom stereocenters. The van der Waals surface area contributed by atoms with E-state index in [-0.39, 0.29) is 28.8 Å². The van der Waals surface area contributed by atoms with Crippen molar-refractivity contribution in [2.45, 2.75) is 20.3 Å². The van der Waals surface area contributed by atoms with Crippen molar-refractivity contribution >= 4 is 44.4 Å². The van der Waals surface area contributed by atoms with Gasteiger partial charge in [0.1, 0.15) is 5.82 Å². The minimum Gasteiger partial charge on any atom is -0.298 e. The van der Waals surface area contributed by atoms with Gasteiger partial charge < -0.3 is 0 Å². The summed E-state index contributed by atoms with van der Waals surface area (Å²) in [4.78, 5) is 43.2. The van der Waals surface area contributed by atoms with Crippen molar-refractivity contribution in [1.82, 2.24) is 9.88 Å². The quantitative estimate of drug-likeness (QED) is 0.634. The highest BCUT2D eigenvalue weighted by molar-refractivity contribution is 7.22. The molecule has 0 bridgehead atoms. The third kappa shape index (κ3) is 3.63. The lowest BCUT2D eigenvalue weighted by atomic mass is 10.1. The Bertz CT molecular complexity index is 1160. The van der Waals surface area contributed by atoms with Crippen molar-refractivity contribution in [3.63, 3.8) is 0 Å². The van der Waals surface area contributed by atoms with Crippen LogP contribution in [0.1, 0.15) is 51.3 Å². The minimum atomic E-state index is -0.451. The van der Waals surface area contributed by atoms with E-state index in [0.717, 1.165) is 17.8 Å².